The van der Waals surface area contributed by atoms with Crippen LogP contribution in [0.4, 0.5) is 20.3 Å². The molecule has 4 aliphatic rings. The molecule has 4 aromatic heterocycles. The summed E-state index contributed by atoms with van der Waals surface area (Å²) < 4.78 is 34.6. The van der Waals surface area contributed by atoms with Crippen LogP contribution < -0.4 is 21.2 Å². The Morgan fingerprint density at radius 2 is 1.77 bits per heavy atom. The lowest BCUT2D eigenvalue weighted by Crippen LogP contribution is -2.53. The maximum Gasteiger partial charge on any atom is 0.329 e. The molecule has 0 radical (unpaired) electrons. The summed E-state index contributed by atoms with van der Waals surface area (Å²) in [7, 11) is 1.68. The van der Waals surface area contributed by atoms with Crippen molar-refractivity contribution in [2.75, 3.05) is 62.6 Å². The Kier molecular flexibility index (Phi) is 10.7. The van der Waals surface area contributed by atoms with Crippen molar-refractivity contribution in [3.8, 4) is 11.8 Å². The van der Waals surface area contributed by atoms with Crippen LogP contribution in [0.15, 0.2) is 47.7 Å². The molecule has 1 aliphatic carbocycles. The summed E-state index contributed by atoms with van der Waals surface area (Å²) in [5.41, 5.74) is 1.97. The second-order valence-electron chi connectivity index (χ2n) is 17.7. The van der Waals surface area contributed by atoms with Gasteiger partial charge in [0.05, 0.1) is 41.1 Å². The normalized spacial score (nSPS) is 22.3. The van der Waals surface area contributed by atoms with Crippen molar-refractivity contribution in [3.63, 3.8) is 0 Å². The molecule has 5 aromatic rings. The summed E-state index contributed by atoms with van der Waals surface area (Å²) >= 11 is 0. The molecule has 320 valence electrons. The number of nitrogens with zero attached hydrogens (tertiary/aromatic N) is 10. The molecule has 3 amide bonds. The first-order valence-electron chi connectivity index (χ1n) is 21.1. The number of carbonyl (C=O) groups is 3. The van der Waals surface area contributed by atoms with E-state index in [4.69, 9.17) is 0 Å². The minimum Gasteiger partial charge on any atom is -0.355 e. The molecular weight excluding hydrogens is 787 g/mol. The van der Waals surface area contributed by atoms with Gasteiger partial charge in [-0.25, -0.2) is 23.1 Å². The zero-order chi connectivity index (χ0) is 42.6. The Labute approximate surface area is 350 Å². The van der Waals surface area contributed by atoms with Gasteiger partial charge in [-0.1, -0.05) is 31.8 Å². The van der Waals surface area contributed by atoms with Gasteiger partial charge in [0.2, 0.25) is 11.8 Å². The Morgan fingerprint density at radius 3 is 2.49 bits per heavy atom. The van der Waals surface area contributed by atoms with E-state index in [1.165, 1.54) is 26.0 Å². The number of benzene rings is 1. The third kappa shape index (κ3) is 8.04. The number of amides is 3. The van der Waals surface area contributed by atoms with Crippen LogP contribution in [0.1, 0.15) is 92.5 Å². The second-order valence-corrected chi connectivity index (χ2v) is 17.7. The molecule has 1 aromatic carbocycles. The summed E-state index contributed by atoms with van der Waals surface area (Å²) in [5, 5.41) is 13.6. The number of hydrogen-bond acceptors (Lipinski definition) is 10. The monoisotopic (exact) mass is 836 g/mol. The van der Waals surface area contributed by atoms with Gasteiger partial charge in [0, 0.05) is 71.7 Å². The van der Waals surface area contributed by atoms with Gasteiger partial charge in [-0.05, 0) is 61.6 Å². The summed E-state index contributed by atoms with van der Waals surface area (Å²) in [6.07, 6.45) is 5.81. The van der Waals surface area contributed by atoms with Crippen LogP contribution in [0.5, 0.6) is 0 Å². The van der Waals surface area contributed by atoms with Crippen LogP contribution >= 0.6 is 0 Å². The minimum absolute atomic E-state index is 0.00350. The highest BCUT2D eigenvalue weighted by Crippen LogP contribution is 2.36. The molecule has 1 saturated carbocycles. The van der Waals surface area contributed by atoms with Gasteiger partial charge in [0.25, 0.3) is 12.3 Å². The van der Waals surface area contributed by atoms with Crippen LogP contribution in [-0.4, -0.2) is 113 Å². The summed E-state index contributed by atoms with van der Waals surface area (Å²) in [4.78, 5) is 62.7. The van der Waals surface area contributed by atoms with Crippen molar-refractivity contribution >= 4 is 45.9 Å². The Morgan fingerprint density at radius 1 is 1.02 bits per heavy atom. The maximum atomic E-state index is 14.3. The van der Waals surface area contributed by atoms with Crippen LogP contribution in [0.2, 0.25) is 0 Å². The highest BCUT2D eigenvalue weighted by molar-refractivity contribution is 6.08. The zero-order valence-electron chi connectivity index (χ0n) is 34.6. The van der Waals surface area contributed by atoms with Crippen molar-refractivity contribution in [2.45, 2.75) is 70.9 Å². The number of aryl methyl sites for hydroxylation is 1. The molecule has 0 spiro atoms. The van der Waals surface area contributed by atoms with E-state index in [-0.39, 0.29) is 47.1 Å². The topological polar surface area (TPSA) is 160 Å². The Balaban J connectivity index is 0.767. The fourth-order valence-electron chi connectivity index (χ4n) is 9.49. The molecule has 4 fully saturated rings. The van der Waals surface area contributed by atoms with Crippen LogP contribution in [-0.2, 0) is 16.6 Å². The van der Waals surface area contributed by atoms with E-state index in [0.717, 1.165) is 77.3 Å². The van der Waals surface area contributed by atoms with Gasteiger partial charge < -0.3 is 15.1 Å². The molecule has 7 heterocycles. The largest absolute Gasteiger partial charge is 0.355 e. The maximum absolute atomic E-state index is 14.3. The molecule has 2 N–H and O–H groups in total. The van der Waals surface area contributed by atoms with Crippen LogP contribution in [0.25, 0.3) is 16.7 Å². The lowest BCUT2D eigenvalue weighted by Gasteiger charge is -2.46. The predicted octanol–water partition coefficient (Wildman–Crippen LogP) is 3.99. The first kappa shape index (κ1) is 40.5. The zero-order valence-corrected chi connectivity index (χ0v) is 34.6. The van der Waals surface area contributed by atoms with Crippen LogP contribution in [0, 0.1) is 23.2 Å². The fourth-order valence-corrected chi connectivity index (χ4v) is 9.49. The minimum atomic E-state index is -2.86. The summed E-state index contributed by atoms with van der Waals surface area (Å²) in [5.74, 6) is 6.44. The van der Waals surface area contributed by atoms with Gasteiger partial charge in [0.1, 0.15) is 17.4 Å². The average molecular weight is 837 g/mol. The quantitative estimate of drug-likeness (QED) is 0.164. The molecule has 1 atom stereocenters. The van der Waals surface area contributed by atoms with E-state index in [1.807, 2.05) is 24.3 Å². The molecule has 3 saturated heterocycles. The van der Waals surface area contributed by atoms with E-state index in [9.17, 15) is 28.0 Å². The van der Waals surface area contributed by atoms with Crippen molar-refractivity contribution in [3.05, 3.63) is 70.2 Å². The molecule has 1 unspecified atom stereocenters. The van der Waals surface area contributed by atoms with Gasteiger partial charge in [-0.15, -0.1) is 0 Å². The fraction of sp³-hybridized carbons (Fsp3) is 0.512. The number of carbonyl (C=O) groups excluding carboxylic acids is 3. The SMILES string of the molecule is Cn1c(=O)n(C2CCC(=O)NC2=O)c2cccc(C#CCN3CCN(C[C@H]4CC[C@H](n5cc(NC(=O)c6cnn7ccc(N8CC(C)(C)C8)nc67)c(C(F)F)n5)CC4)CC3)c21. The molecule has 9 rings (SSSR count). The first-order chi connectivity index (χ1) is 29.3. The Bertz CT molecular complexity index is 2630. The molecule has 16 nitrogen and oxygen atoms in total. The standard InChI is InChI=1S/C43H50F2N12O4/c1-43(2)25-54(26-43)34-15-17-55-39(48-34)30(22-46-55)40(59)47-31-24-56(50-36(31)38(44)45)29-11-9-27(10-12-29)23-53-20-18-52(19-21-53)16-5-7-28-6-4-8-32-37(28)51(3)42(61)57(32)33-13-14-35(58)49-41(33)60/h4,6,8,15,17,22,24,27,29,33,38H,9-14,16,18-21,23,25-26H2,1-3H3,(H,47,59)(H,49,58,60)/t27-,29-,33?. The lowest BCUT2D eigenvalue weighted by atomic mass is 9.84. The smallest absolute Gasteiger partial charge is 0.329 e. The number of halogens is 2. The highest BCUT2D eigenvalue weighted by Gasteiger charge is 2.36. The number of rotatable bonds is 9. The number of aromatic nitrogens is 7. The third-order valence-electron chi connectivity index (χ3n) is 12.7. The van der Waals surface area contributed by atoms with Gasteiger partial charge in [0.15, 0.2) is 11.3 Å². The average Bonchev–Trinajstić information content (AvgIpc) is 3.92. The van der Waals surface area contributed by atoms with E-state index in [0.29, 0.717) is 34.7 Å². The molecule has 18 heteroatoms. The number of piperidine rings is 1. The third-order valence-corrected chi connectivity index (χ3v) is 12.7. The van der Waals surface area contributed by atoms with Crippen molar-refractivity contribution in [2.24, 2.45) is 18.4 Å². The van der Waals surface area contributed by atoms with E-state index in [2.05, 4.69) is 66.2 Å². The number of nitrogens with one attached hydrogen (secondary N) is 2. The second kappa shape index (κ2) is 16.2. The van der Waals surface area contributed by atoms with Gasteiger partial charge in [-0.2, -0.15) is 10.2 Å². The van der Waals surface area contributed by atoms with Crippen molar-refractivity contribution in [1.29, 1.82) is 0 Å². The Hall–Kier alpha value is -5.93. The predicted molar refractivity (Wildman–Crippen MR) is 223 cm³/mol. The first-order valence-corrected chi connectivity index (χ1v) is 21.1. The number of alkyl halides is 2. The molecule has 3 aliphatic heterocycles. The summed E-state index contributed by atoms with van der Waals surface area (Å²) in [6.45, 7) is 11.2. The van der Waals surface area contributed by atoms with E-state index in [1.54, 1.807) is 17.9 Å². The van der Waals surface area contributed by atoms with E-state index >= 15 is 0 Å². The number of anilines is 2. The molecule has 0 bridgehead atoms. The van der Waals surface area contributed by atoms with Gasteiger partial charge in [-0.3, -0.25) is 38.4 Å². The number of para-hydroxylation sites is 1. The number of piperazine rings is 1. The van der Waals surface area contributed by atoms with Gasteiger partial charge >= 0.3 is 5.69 Å². The summed E-state index contributed by atoms with van der Waals surface area (Å²) in [6, 6.07) is 6.59. The van der Waals surface area contributed by atoms with Crippen LogP contribution in [0.3, 0.4) is 0 Å². The lowest BCUT2D eigenvalue weighted by molar-refractivity contribution is -0.135. The van der Waals surface area contributed by atoms with Crippen molar-refractivity contribution < 1.29 is 23.2 Å². The number of imide groups is 1. The number of fused-ring (bicyclic) bond motifs is 2. The number of imidazole rings is 1. The molecular formula is C43H50F2N12O4. The van der Waals surface area contributed by atoms with E-state index < -0.39 is 30.0 Å². The highest BCUT2D eigenvalue weighted by atomic mass is 19.3. The van der Waals surface area contributed by atoms with Crippen molar-refractivity contribution in [1.82, 2.24) is 48.6 Å². The molecule has 61 heavy (non-hydrogen) atoms. The number of hydrogen-bond donors (Lipinski definition) is 2.